The predicted octanol–water partition coefficient (Wildman–Crippen LogP) is 3.02. The molecule has 30 heavy (non-hydrogen) atoms. The standard InChI is InChI=1S/C18H31N6O5P/c1-17(2,3)8-11-10(28-30(25,26)29-18(4,5)6)7-12(27-11)24-9-21-13-14(19)22-16(20)23-15(13)24/h9-12H,7-8H2,1-6H3,(H,25,26)(H4,19,20,22,23)/t10?,11-,12-/m1/s1. The number of ether oxygens (including phenoxy) is 1. The molecule has 0 spiro atoms. The van der Waals surface area contributed by atoms with Gasteiger partial charge in [0.25, 0.3) is 0 Å². The van der Waals surface area contributed by atoms with Crippen molar-refractivity contribution in [1.29, 1.82) is 0 Å². The summed E-state index contributed by atoms with van der Waals surface area (Å²) in [6.45, 7) is 11.2. The van der Waals surface area contributed by atoms with Gasteiger partial charge >= 0.3 is 7.82 Å². The number of phosphoric ester groups is 1. The van der Waals surface area contributed by atoms with Gasteiger partial charge in [0.05, 0.1) is 24.1 Å². The maximum Gasteiger partial charge on any atom is 0.473 e. The fourth-order valence-corrected chi connectivity index (χ4v) is 4.77. The third-order valence-electron chi connectivity index (χ3n) is 4.43. The Hall–Kier alpha value is -1.78. The first-order chi connectivity index (χ1) is 13.6. The monoisotopic (exact) mass is 442 g/mol. The molecule has 1 aliphatic rings. The van der Waals surface area contributed by atoms with Crippen molar-refractivity contribution in [3.8, 4) is 0 Å². The number of nitrogen functional groups attached to an aromatic ring is 2. The minimum atomic E-state index is -4.30. The van der Waals surface area contributed by atoms with Gasteiger partial charge in [0.15, 0.2) is 11.5 Å². The Bertz CT molecular complexity index is 966. The van der Waals surface area contributed by atoms with Crippen molar-refractivity contribution >= 4 is 30.8 Å². The molecule has 2 aromatic rings. The highest BCUT2D eigenvalue weighted by molar-refractivity contribution is 7.47. The first-order valence-corrected chi connectivity index (χ1v) is 11.3. The zero-order chi connectivity index (χ0) is 22.5. The average Bonchev–Trinajstić information content (AvgIpc) is 3.07. The van der Waals surface area contributed by atoms with Crippen molar-refractivity contribution in [1.82, 2.24) is 19.5 Å². The summed E-state index contributed by atoms with van der Waals surface area (Å²) in [5.41, 5.74) is 11.5. The van der Waals surface area contributed by atoms with E-state index in [4.69, 9.17) is 25.3 Å². The van der Waals surface area contributed by atoms with Crippen LogP contribution in [0.1, 0.15) is 60.6 Å². The smallest absolute Gasteiger partial charge is 0.382 e. The minimum Gasteiger partial charge on any atom is -0.382 e. The Morgan fingerprint density at radius 3 is 2.53 bits per heavy atom. The Labute approximate surface area is 175 Å². The predicted molar refractivity (Wildman–Crippen MR) is 112 cm³/mol. The lowest BCUT2D eigenvalue weighted by molar-refractivity contribution is -0.0402. The van der Waals surface area contributed by atoms with Crippen LogP contribution in [0.25, 0.3) is 11.2 Å². The van der Waals surface area contributed by atoms with Crippen molar-refractivity contribution in [2.75, 3.05) is 11.5 Å². The van der Waals surface area contributed by atoms with Crippen molar-refractivity contribution in [3.05, 3.63) is 6.33 Å². The molecule has 3 heterocycles. The van der Waals surface area contributed by atoms with E-state index in [1.54, 1.807) is 31.7 Å². The quantitative estimate of drug-likeness (QED) is 0.587. The maximum atomic E-state index is 12.6. The van der Waals surface area contributed by atoms with Crippen LogP contribution in [0.3, 0.4) is 0 Å². The lowest BCUT2D eigenvalue weighted by Gasteiger charge is -2.29. The van der Waals surface area contributed by atoms with Crippen molar-refractivity contribution in [2.24, 2.45) is 5.41 Å². The number of rotatable bonds is 5. The molecular weight excluding hydrogens is 411 g/mol. The molecule has 5 N–H and O–H groups in total. The summed E-state index contributed by atoms with van der Waals surface area (Å²) < 4.78 is 31.3. The molecule has 0 aliphatic carbocycles. The molecule has 0 saturated carbocycles. The zero-order valence-electron chi connectivity index (χ0n) is 18.2. The third kappa shape index (κ3) is 5.47. The lowest BCUT2D eigenvalue weighted by Crippen LogP contribution is -2.29. The van der Waals surface area contributed by atoms with Gasteiger partial charge in [-0.15, -0.1) is 0 Å². The molecule has 1 saturated heterocycles. The van der Waals surface area contributed by atoms with Gasteiger partial charge in [0.2, 0.25) is 5.95 Å². The van der Waals surface area contributed by atoms with E-state index >= 15 is 0 Å². The molecule has 1 fully saturated rings. The highest BCUT2D eigenvalue weighted by atomic mass is 31.2. The van der Waals surface area contributed by atoms with Crippen LogP contribution in [0, 0.1) is 5.41 Å². The van der Waals surface area contributed by atoms with Crippen LogP contribution in [0.4, 0.5) is 11.8 Å². The van der Waals surface area contributed by atoms with Gasteiger partial charge in [-0.25, -0.2) is 9.55 Å². The van der Waals surface area contributed by atoms with Crippen molar-refractivity contribution in [2.45, 2.75) is 78.4 Å². The van der Waals surface area contributed by atoms with Crippen LogP contribution in [-0.2, 0) is 18.3 Å². The molecule has 11 nitrogen and oxygen atoms in total. The van der Waals surface area contributed by atoms with Crippen LogP contribution in [-0.4, -0.2) is 42.2 Å². The molecule has 0 amide bonds. The van der Waals surface area contributed by atoms with E-state index in [-0.39, 0.29) is 17.2 Å². The summed E-state index contributed by atoms with van der Waals surface area (Å²) in [5.74, 6) is 0.198. The summed E-state index contributed by atoms with van der Waals surface area (Å²) in [6.07, 6.45) is 0.814. The maximum absolute atomic E-state index is 12.6. The molecule has 1 aliphatic heterocycles. The zero-order valence-corrected chi connectivity index (χ0v) is 19.1. The molecule has 2 unspecified atom stereocenters. The SMILES string of the molecule is CC(C)(C)C[C@H]1O[C@@H](n2cnc3c(N)nc(N)nc32)CC1OP(=O)(O)OC(C)(C)C. The van der Waals surface area contributed by atoms with Gasteiger partial charge < -0.3 is 21.1 Å². The number of hydrogen-bond donors (Lipinski definition) is 3. The fourth-order valence-electron chi connectivity index (χ4n) is 3.47. The van der Waals surface area contributed by atoms with Crippen molar-refractivity contribution < 1.29 is 23.2 Å². The van der Waals surface area contributed by atoms with Crippen LogP contribution in [0.2, 0.25) is 0 Å². The van der Waals surface area contributed by atoms with Gasteiger partial charge in [-0.2, -0.15) is 9.97 Å². The molecular formula is C18H31N6O5P. The molecule has 2 aromatic heterocycles. The molecule has 0 radical (unpaired) electrons. The first kappa shape index (κ1) is 22.9. The van der Waals surface area contributed by atoms with Crippen LogP contribution in [0.15, 0.2) is 6.33 Å². The summed E-state index contributed by atoms with van der Waals surface area (Å²) in [5, 5.41) is 0. The number of phosphoric acid groups is 1. The number of hydrogen-bond acceptors (Lipinski definition) is 9. The van der Waals surface area contributed by atoms with Crippen LogP contribution >= 0.6 is 7.82 Å². The van der Waals surface area contributed by atoms with Gasteiger partial charge in [-0.3, -0.25) is 13.6 Å². The second-order valence-corrected chi connectivity index (χ2v) is 11.1. The van der Waals surface area contributed by atoms with E-state index in [0.717, 1.165) is 0 Å². The number of nitrogens with two attached hydrogens (primary N) is 2. The molecule has 168 valence electrons. The highest BCUT2D eigenvalue weighted by Crippen LogP contribution is 2.52. The normalized spacial score (nSPS) is 25.0. The van der Waals surface area contributed by atoms with Crippen LogP contribution in [0.5, 0.6) is 0 Å². The Kier molecular flexibility index (Phi) is 5.90. The number of nitrogens with zero attached hydrogens (tertiary/aromatic N) is 4. The van der Waals surface area contributed by atoms with Crippen LogP contribution < -0.4 is 11.5 Å². The molecule has 0 bridgehead atoms. The molecule has 3 rings (SSSR count). The van der Waals surface area contributed by atoms with Gasteiger partial charge in [-0.1, -0.05) is 20.8 Å². The van der Waals surface area contributed by atoms with E-state index in [1.165, 1.54) is 0 Å². The number of aromatic nitrogens is 4. The molecule has 0 aromatic carbocycles. The summed E-state index contributed by atoms with van der Waals surface area (Å²) in [4.78, 5) is 22.7. The third-order valence-corrected chi connectivity index (χ3v) is 5.74. The highest BCUT2D eigenvalue weighted by Gasteiger charge is 2.44. The largest absolute Gasteiger partial charge is 0.473 e. The van der Waals surface area contributed by atoms with Gasteiger partial charge in [-0.05, 0) is 32.6 Å². The Morgan fingerprint density at radius 2 is 1.93 bits per heavy atom. The number of fused-ring (bicyclic) bond motifs is 1. The average molecular weight is 442 g/mol. The number of imidazole rings is 1. The minimum absolute atomic E-state index is 0.0252. The second-order valence-electron chi connectivity index (χ2n) is 9.74. The van der Waals surface area contributed by atoms with E-state index in [2.05, 4.69) is 35.7 Å². The van der Waals surface area contributed by atoms with E-state index < -0.39 is 31.9 Å². The van der Waals surface area contributed by atoms with Gasteiger partial charge in [0, 0.05) is 6.42 Å². The fraction of sp³-hybridized carbons (Fsp3) is 0.722. The molecule has 12 heteroatoms. The van der Waals surface area contributed by atoms with E-state index in [0.29, 0.717) is 24.0 Å². The second kappa shape index (κ2) is 7.72. The first-order valence-electron chi connectivity index (χ1n) is 9.76. The Morgan fingerprint density at radius 1 is 1.27 bits per heavy atom. The Balaban J connectivity index is 1.89. The summed E-state index contributed by atoms with van der Waals surface area (Å²) >= 11 is 0. The summed E-state index contributed by atoms with van der Waals surface area (Å²) in [7, 11) is -4.30. The van der Waals surface area contributed by atoms with Gasteiger partial charge in [0.1, 0.15) is 11.7 Å². The van der Waals surface area contributed by atoms with E-state index in [1.807, 2.05) is 0 Å². The lowest BCUT2D eigenvalue weighted by atomic mass is 9.87. The van der Waals surface area contributed by atoms with Crippen molar-refractivity contribution in [3.63, 3.8) is 0 Å². The molecule has 4 atom stereocenters. The number of anilines is 2. The van der Waals surface area contributed by atoms with E-state index in [9.17, 15) is 9.46 Å². The topological polar surface area (TPSA) is 161 Å². The summed E-state index contributed by atoms with van der Waals surface area (Å²) in [6, 6.07) is 0.